The van der Waals surface area contributed by atoms with Gasteiger partial charge in [-0.3, -0.25) is 4.79 Å². The van der Waals surface area contributed by atoms with Crippen LogP contribution in [-0.4, -0.2) is 26.3 Å². The van der Waals surface area contributed by atoms with E-state index in [4.69, 9.17) is 9.47 Å². The summed E-state index contributed by atoms with van der Waals surface area (Å²) in [5, 5.41) is 0. The third-order valence-electron chi connectivity index (χ3n) is 2.74. The number of rotatable bonds is 2. The first-order chi connectivity index (χ1) is 8.22. The molecule has 2 rings (SSSR count). The SMILES string of the molecule is COC(=O)C1COCC=C1c1ccc(F)cc1. The number of methoxy groups -OCH3 is 1. The van der Waals surface area contributed by atoms with E-state index in [0.717, 1.165) is 11.1 Å². The van der Waals surface area contributed by atoms with Crippen LogP contribution in [0.1, 0.15) is 5.56 Å². The van der Waals surface area contributed by atoms with Crippen molar-refractivity contribution in [1.29, 1.82) is 0 Å². The monoisotopic (exact) mass is 236 g/mol. The molecule has 1 atom stereocenters. The normalized spacial score (nSPS) is 19.6. The van der Waals surface area contributed by atoms with Gasteiger partial charge in [-0.25, -0.2) is 4.39 Å². The molecular weight excluding hydrogens is 223 g/mol. The second-order valence-electron chi connectivity index (χ2n) is 3.78. The second-order valence-corrected chi connectivity index (χ2v) is 3.78. The van der Waals surface area contributed by atoms with Crippen LogP contribution in [0.2, 0.25) is 0 Å². The Bertz CT molecular complexity index is 436. The second kappa shape index (κ2) is 5.10. The number of hydrogen-bond acceptors (Lipinski definition) is 3. The van der Waals surface area contributed by atoms with Crippen molar-refractivity contribution in [3.63, 3.8) is 0 Å². The summed E-state index contributed by atoms with van der Waals surface area (Å²) >= 11 is 0. The fourth-order valence-corrected chi connectivity index (χ4v) is 1.87. The van der Waals surface area contributed by atoms with Gasteiger partial charge >= 0.3 is 5.97 Å². The van der Waals surface area contributed by atoms with Gasteiger partial charge in [0.15, 0.2) is 0 Å². The van der Waals surface area contributed by atoms with Crippen LogP contribution in [-0.2, 0) is 14.3 Å². The molecule has 0 bridgehead atoms. The molecule has 4 heteroatoms. The molecule has 0 radical (unpaired) electrons. The highest BCUT2D eigenvalue weighted by Crippen LogP contribution is 2.27. The third kappa shape index (κ3) is 2.53. The Labute approximate surface area is 98.8 Å². The van der Waals surface area contributed by atoms with E-state index < -0.39 is 5.92 Å². The highest BCUT2D eigenvalue weighted by atomic mass is 19.1. The summed E-state index contributed by atoms with van der Waals surface area (Å²) in [6.07, 6.45) is 1.83. The molecule has 0 amide bonds. The predicted molar refractivity (Wildman–Crippen MR) is 60.7 cm³/mol. The lowest BCUT2D eigenvalue weighted by Crippen LogP contribution is -2.26. The number of esters is 1. The molecule has 0 spiro atoms. The van der Waals surface area contributed by atoms with E-state index in [1.165, 1.54) is 19.2 Å². The number of carbonyl (C=O) groups is 1. The summed E-state index contributed by atoms with van der Waals surface area (Å²) < 4.78 is 22.8. The van der Waals surface area contributed by atoms with Crippen molar-refractivity contribution < 1.29 is 18.7 Å². The predicted octanol–water partition coefficient (Wildman–Crippen LogP) is 2.03. The molecule has 0 saturated heterocycles. The fraction of sp³-hybridized carbons (Fsp3) is 0.308. The van der Waals surface area contributed by atoms with Crippen LogP contribution in [0.15, 0.2) is 30.3 Å². The van der Waals surface area contributed by atoms with Gasteiger partial charge in [0.2, 0.25) is 0 Å². The van der Waals surface area contributed by atoms with Crippen molar-refractivity contribution in [3.8, 4) is 0 Å². The Kier molecular flexibility index (Phi) is 3.54. The molecule has 1 aromatic carbocycles. The van der Waals surface area contributed by atoms with Crippen molar-refractivity contribution in [2.24, 2.45) is 5.92 Å². The summed E-state index contributed by atoms with van der Waals surface area (Å²) in [5.74, 6) is -1.06. The minimum absolute atomic E-state index is 0.295. The lowest BCUT2D eigenvalue weighted by Gasteiger charge is -2.22. The van der Waals surface area contributed by atoms with Crippen LogP contribution in [0.25, 0.3) is 5.57 Å². The van der Waals surface area contributed by atoms with Gasteiger partial charge in [-0.2, -0.15) is 0 Å². The minimum atomic E-state index is -0.431. The van der Waals surface area contributed by atoms with Crippen LogP contribution < -0.4 is 0 Å². The van der Waals surface area contributed by atoms with Gasteiger partial charge in [0, 0.05) is 0 Å². The topological polar surface area (TPSA) is 35.5 Å². The average Bonchev–Trinajstić information content (AvgIpc) is 2.39. The zero-order chi connectivity index (χ0) is 12.3. The zero-order valence-electron chi connectivity index (χ0n) is 9.48. The van der Waals surface area contributed by atoms with E-state index in [9.17, 15) is 9.18 Å². The van der Waals surface area contributed by atoms with Crippen molar-refractivity contribution in [2.75, 3.05) is 20.3 Å². The maximum Gasteiger partial charge on any atom is 0.315 e. The summed E-state index contributed by atoms with van der Waals surface area (Å²) in [4.78, 5) is 11.6. The highest BCUT2D eigenvalue weighted by molar-refractivity contribution is 5.89. The van der Waals surface area contributed by atoms with Gasteiger partial charge < -0.3 is 9.47 Å². The summed E-state index contributed by atoms with van der Waals surface area (Å²) in [6.45, 7) is 0.760. The van der Waals surface area contributed by atoms with E-state index in [1.54, 1.807) is 12.1 Å². The van der Waals surface area contributed by atoms with Gasteiger partial charge in [0.05, 0.1) is 20.3 Å². The smallest absolute Gasteiger partial charge is 0.315 e. The molecule has 17 heavy (non-hydrogen) atoms. The molecule has 1 aliphatic heterocycles. The van der Waals surface area contributed by atoms with Crippen molar-refractivity contribution in [2.45, 2.75) is 0 Å². The van der Waals surface area contributed by atoms with Crippen molar-refractivity contribution >= 4 is 11.5 Å². The number of hydrogen-bond donors (Lipinski definition) is 0. The van der Waals surface area contributed by atoms with E-state index >= 15 is 0 Å². The molecule has 1 aromatic rings. The summed E-state index contributed by atoms with van der Waals surface area (Å²) in [5.41, 5.74) is 1.66. The van der Waals surface area contributed by atoms with Gasteiger partial charge in [-0.1, -0.05) is 18.2 Å². The average molecular weight is 236 g/mol. The van der Waals surface area contributed by atoms with Crippen molar-refractivity contribution in [1.82, 2.24) is 0 Å². The molecule has 1 heterocycles. The zero-order valence-corrected chi connectivity index (χ0v) is 9.48. The van der Waals surface area contributed by atoms with Crippen LogP contribution in [0.5, 0.6) is 0 Å². The molecular formula is C13H13FO3. The Hall–Kier alpha value is -1.68. The standard InChI is InChI=1S/C13H13FO3/c1-16-13(15)12-8-17-7-6-11(12)9-2-4-10(14)5-3-9/h2-6,12H,7-8H2,1H3. The molecule has 0 fully saturated rings. The van der Waals surface area contributed by atoms with Gasteiger partial charge in [0.1, 0.15) is 11.7 Å². The molecule has 0 aliphatic carbocycles. The van der Waals surface area contributed by atoms with Gasteiger partial charge in [-0.05, 0) is 23.3 Å². The van der Waals surface area contributed by atoms with Gasteiger partial charge in [-0.15, -0.1) is 0 Å². The van der Waals surface area contributed by atoms with Crippen LogP contribution in [0, 0.1) is 11.7 Å². The quantitative estimate of drug-likeness (QED) is 0.737. The van der Waals surface area contributed by atoms with E-state index in [0.29, 0.717) is 13.2 Å². The summed E-state index contributed by atoms with van der Waals surface area (Å²) in [6, 6.07) is 6.06. The minimum Gasteiger partial charge on any atom is -0.468 e. The molecule has 1 aliphatic rings. The fourth-order valence-electron chi connectivity index (χ4n) is 1.87. The molecule has 0 aromatic heterocycles. The molecule has 1 unspecified atom stereocenters. The first-order valence-electron chi connectivity index (χ1n) is 5.34. The van der Waals surface area contributed by atoms with Crippen LogP contribution >= 0.6 is 0 Å². The van der Waals surface area contributed by atoms with Crippen LogP contribution in [0.3, 0.4) is 0 Å². The number of ether oxygens (including phenoxy) is 2. The first kappa shape index (κ1) is 11.8. The Morgan fingerprint density at radius 1 is 1.41 bits per heavy atom. The van der Waals surface area contributed by atoms with Crippen molar-refractivity contribution in [3.05, 3.63) is 41.7 Å². The highest BCUT2D eigenvalue weighted by Gasteiger charge is 2.27. The van der Waals surface area contributed by atoms with E-state index in [1.807, 2.05) is 6.08 Å². The first-order valence-corrected chi connectivity index (χ1v) is 5.34. The number of benzene rings is 1. The van der Waals surface area contributed by atoms with E-state index in [-0.39, 0.29) is 11.8 Å². The molecule has 3 nitrogen and oxygen atoms in total. The molecule has 90 valence electrons. The van der Waals surface area contributed by atoms with E-state index in [2.05, 4.69) is 0 Å². The molecule has 0 N–H and O–H groups in total. The summed E-state index contributed by atoms with van der Waals surface area (Å²) in [7, 11) is 1.35. The maximum atomic E-state index is 12.8. The largest absolute Gasteiger partial charge is 0.468 e. The van der Waals surface area contributed by atoms with Gasteiger partial charge in [0.25, 0.3) is 0 Å². The lowest BCUT2D eigenvalue weighted by molar-refractivity contribution is -0.145. The maximum absolute atomic E-state index is 12.8. The number of carbonyl (C=O) groups excluding carboxylic acids is 1. The Morgan fingerprint density at radius 2 is 2.12 bits per heavy atom. The molecule has 0 saturated carbocycles. The third-order valence-corrected chi connectivity index (χ3v) is 2.74. The lowest BCUT2D eigenvalue weighted by atomic mass is 9.91. The Balaban J connectivity index is 2.31. The van der Waals surface area contributed by atoms with Crippen LogP contribution in [0.4, 0.5) is 4.39 Å². The number of halogens is 1. The Morgan fingerprint density at radius 3 is 2.76 bits per heavy atom.